The van der Waals surface area contributed by atoms with Crippen molar-refractivity contribution < 1.29 is 13.2 Å². The van der Waals surface area contributed by atoms with E-state index in [-0.39, 0.29) is 22.0 Å². The number of carbonyl (C=O) groups excluding carboxylic acids is 1. The fraction of sp³-hybridized carbons (Fsp3) is 0.208. The van der Waals surface area contributed by atoms with Gasteiger partial charge >= 0.3 is 0 Å². The van der Waals surface area contributed by atoms with Gasteiger partial charge in [0.1, 0.15) is 0 Å². The highest BCUT2D eigenvalue weighted by atomic mass is 32.2. The average Bonchev–Trinajstić information content (AvgIpc) is 3.54. The minimum atomic E-state index is -3.45. The molecule has 4 rings (SSSR count). The summed E-state index contributed by atoms with van der Waals surface area (Å²) in [6, 6.07) is 25.5. The second kappa shape index (κ2) is 7.84. The Balaban J connectivity index is 1.44. The van der Waals surface area contributed by atoms with Gasteiger partial charge in [-0.1, -0.05) is 60.7 Å². The van der Waals surface area contributed by atoms with Gasteiger partial charge in [0.15, 0.2) is 9.84 Å². The molecule has 0 aliphatic heterocycles. The van der Waals surface area contributed by atoms with E-state index in [9.17, 15) is 13.2 Å². The largest absolute Gasteiger partial charge is 0.351 e. The molecule has 148 valence electrons. The van der Waals surface area contributed by atoms with Gasteiger partial charge in [0.2, 0.25) is 0 Å². The number of amides is 1. The summed E-state index contributed by atoms with van der Waals surface area (Å²) >= 11 is 0. The highest BCUT2D eigenvalue weighted by Crippen LogP contribution is 2.47. The molecule has 1 N–H and O–H groups in total. The Morgan fingerprint density at radius 1 is 0.862 bits per heavy atom. The van der Waals surface area contributed by atoms with E-state index < -0.39 is 9.84 Å². The topological polar surface area (TPSA) is 63.2 Å². The second-order valence-corrected chi connectivity index (χ2v) is 9.59. The Hall–Kier alpha value is -2.92. The van der Waals surface area contributed by atoms with Crippen molar-refractivity contribution in [3.05, 3.63) is 102 Å². The lowest BCUT2D eigenvalue weighted by Crippen LogP contribution is -2.32. The van der Waals surface area contributed by atoms with Crippen LogP contribution in [0.15, 0.2) is 89.8 Å². The monoisotopic (exact) mass is 405 g/mol. The van der Waals surface area contributed by atoms with Crippen LogP contribution >= 0.6 is 0 Å². The van der Waals surface area contributed by atoms with E-state index >= 15 is 0 Å². The molecule has 1 amide bonds. The van der Waals surface area contributed by atoms with Crippen molar-refractivity contribution in [3.8, 4) is 0 Å². The van der Waals surface area contributed by atoms with Crippen LogP contribution in [0.25, 0.3) is 0 Å². The first-order valence-corrected chi connectivity index (χ1v) is 11.3. The average molecular weight is 406 g/mol. The summed E-state index contributed by atoms with van der Waals surface area (Å²) in [7, 11) is -3.45. The number of benzene rings is 3. The fourth-order valence-electron chi connectivity index (χ4n) is 3.59. The first-order chi connectivity index (χ1) is 14.0. The van der Waals surface area contributed by atoms with Gasteiger partial charge in [-0.25, -0.2) is 8.42 Å². The lowest BCUT2D eigenvalue weighted by Gasteiger charge is -2.17. The number of nitrogens with one attached hydrogen (secondary N) is 1. The Bertz CT molecular complexity index is 1110. The van der Waals surface area contributed by atoms with Crippen molar-refractivity contribution in [1.82, 2.24) is 5.32 Å². The van der Waals surface area contributed by atoms with Crippen LogP contribution < -0.4 is 5.32 Å². The molecule has 3 aromatic carbocycles. The third kappa shape index (κ3) is 4.40. The predicted molar refractivity (Wildman–Crippen MR) is 113 cm³/mol. The summed E-state index contributed by atoms with van der Waals surface area (Å²) < 4.78 is 25.2. The molecule has 5 heteroatoms. The van der Waals surface area contributed by atoms with Crippen LogP contribution in [0.2, 0.25) is 0 Å². The molecule has 1 saturated carbocycles. The molecule has 0 atom stereocenters. The Labute approximate surface area is 171 Å². The maximum absolute atomic E-state index is 12.7. The zero-order valence-corrected chi connectivity index (χ0v) is 16.9. The van der Waals surface area contributed by atoms with Crippen LogP contribution in [-0.2, 0) is 21.0 Å². The van der Waals surface area contributed by atoms with Crippen molar-refractivity contribution in [3.63, 3.8) is 0 Å². The van der Waals surface area contributed by atoms with Crippen LogP contribution in [0.4, 0.5) is 0 Å². The zero-order valence-electron chi connectivity index (χ0n) is 16.0. The smallest absolute Gasteiger partial charge is 0.251 e. The van der Waals surface area contributed by atoms with E-state index in [0.29, 0.717) is 17.7 Å². The summed E-state index contributed by atoms with van der Waals surface area (Å²) in [4.78, 5) is 13.0. The van der Waals surface area contributed by atoms with E-state index in [0.717, 1.165) is 12.8 Å². The lowest BCUT2D eigenvalue weighted by molar-refractivity contribution is 0.0949. The number of carbonyl (C=O) groups is 1. The fourth-order valence-corrected chi connectivity index (χ4v) is 4.95. The van der Waals surface area contributed by atoms with Crippen LogP contribution in [0.3, 0.4) is 0 Å². The van der Waals surface area contributed by atoms with Crippen LogP contribution in [-0.4, -0.2) is 20.9 Å². The number of hydrogen-bond donors (Lipinski definition) is 1. The van der Waals surface area contributed by atoms with E-state index in [1.165, 1.54) is 5.56 Å². The van der Waals surface area contributed by atoms with Gasteiger partial charge in [-0.05, 0) is 48.2 Å². The number of rotatable bonds is 7. The molecule has 0 heterocycles. The first kappa shape index (κ1) is 19.4. The normalized spacial score (nSPS) is 14.9. The van der Waals surface area contributed by atoms with Crippen molar-refractivity contribution in [2.24, 2.45) is 0 Å². The maximum atomic E-state index is 12.7. The molecule has 0 saturated heterocycles. The van der Waals surface area contributed by atoms with Gasteiger partial charge < -0.3 is 5.32 Å². The molecule has 1 aliphatic rings. The summed E-state index contributed by atoms with van der Waals surface area (Å²) in [5.41, 5.74) is 2.37. The molecule has 1 aliphatic carbocycles. The number of sulfone groups is 1. The predicted octanol–water partition coefficient (Wildman–Crippen LogP) is 4.12. The van der Waals surface area contributed by atoms with Gasteiger partial charge in [0.05, 0.1) is 10.6 Å². The molecule has 0 aromatic heterocycles. The van der Waals surface area contributed by atoms with Crippen molar-refractivity contribution in [1.29, 1.82) is 0 Å². The molecule has 29 heavy (non-hydrogen) atoms. The summed E-state index contributed by atoms with van der Waals surface area (Å²) in [5.74, 6) is -0.308. The summed E-state index contributed by atoms with van der Waals surface area (Å²) in [6.45, 7) is 0.586. The third-order valence-corrected chi connectivity index (χ3v) is 7.18. The molecular weight excluding hydrogens is 382 g/mol. The van der Waals surface area contributed by atoms with E-state index in [1.807, 2.05) is 18.2 Å². The van der Waals surface area contributed by atoms with Crippen LogP contribution in [0.1, 0.15) is 34.3 Å². The Morgan fingerprint density at radius 2 is 1.52 bits per heavy atom. The van der Waals surface area contributed by atoms with E-state index in [1.54, 1.807) is 54.6 Å². The standard InChI is InChI=1S/C24H23NO3S/c26-23(25-18-24(14-15-24)21-10-3-1-4-11-21)20-9-7-8-19(16-20)17-29(27,28)22-12-5-2-6-13-22/h1-13,16H,14-15,17-18H2,(H,25,26). The Kier molecular flexibility index (Phi) is 5.24. The van der Waals surface area contributed by atoms with Crippen molar-refractivity contribution >= 4 is 15.7 Å². The van der Waals surface area contributed by atoms with Gasteiger partial charge in [0, 0.05) is 17.5 Å². The maximum Gasteiger partial charge on any atom is 0.251 e. The summed E-state index contributed by atoms with van der Waals surface area (Å²) in [5, 5.41) is 3.03. The van der Waals surface area contributed by atoms with Gasteiger partial charge in [-0.3, -0.25) is 4.79 Å². The van der Waals surface area contributed by atoms with Gasteiger partial charge in [0.25, 0.3) is 5.91 Å². The van der Waals surface area contributed by atoms with Crippen LogP contribution in [0, 0.1) is 0 Å². The highest BCUT2D eigenvalue weighted by molar-refractivity contribution is 7.90. The SMILES string of the molecule is O=C(NCC1(c2ccccc2)CC1)c1cccc(CS(=O)(=O)c2ccccc2)c1. The molecule has 0 unspecified atom stereocenters. The number of hydrogen-bond acceptors (Lipinski definition) is 3. The first-order valence-electron chi connectivity index (χ1n) is 9.69. The quantitative estimate of drug-likeness (QED) is 0.643. The minimum Gasteiger partial charge on any atom is -0.351 e. The third-order valence-electron chi connectivity index (χ3n) is 5.48. The molecule has 3 aromatic rings. The lowest BCUT2D eigenvalue weighted by atomic mass is 9.96. The summed E-state index contributed by atoms with van der Waals surface area (Å²) in [6.07, 6.45) is 2.12. The molecule has 1 fully saturated rings. The molecule has 0 bridgehead atoms. The van der Waals surface area contributed by atoms with Crippen LogP contribution in [0.5, 0.6) is 0 Å². The molecule has 4 nitrogen and oxygen atoms in total. The zero-order chi connectivity index (χ0) is 20.3. The molecule has 0 radical (unpaired) electrons. The Morgan fingerprint density at radius 3 is 2.17 bits per heavy atom. The molecule has 0 spiro atoms. The molecular formula is C24H23NO3S. The van der Waals surface area contributed by atoms with Gasteiger partial charge in [-0.2, -0.15) is 0 Å². The van der Waals surface area contributed by atoms with Crippen molar-refractivity contribution in [2.75, 3.05) is 6.54 Å². The van der Waals surface area contributed by atoms with E-state index in [2.05, 4.69) is 17.4 Å². The highest BCUT2D eigenvalue weighted by Gasteiger charge is 2.44. The second-order valence-electron chi connectivity index (χ2n) is 7.60. The van der Waals surface area contributed by atoms with Gasteiger partial charge in [-0.15, -0.1) is 0 Å². The van der Waals surface area contributed by atoms with E-state index in [4.69, 9.17) is 0 Å². The van der Waals surface area contributed by atoms with Crippen molar-refractivity contribution in [2.45, 2.75) is 28.9 Å². The minimum absolute atomic E-state index is 0.0329.